The van der Waals surface area contributed by atoms with E-state index in [1.165, 1.54) is 28.2 Å². The summed E-state index contributed by atoms with van der Waals surface area (Å²) >= 11 is 0. The molecule has 0 unspecified atom stereocenters. The van der Waals surface area contributed by atoms with Gasteiger partial charge in [-0.25, -0.2) is 9.18 Å². The molecule has 3 rings (SSSR count). The molecule has 36 heavy (non-hydrogen) atoms. The summed E-state index contributed by atoms with van der Waals surface area (Å²) in [6.45, 7) is 4.02. The number of rotatable bonds is 9. The van der Waals surface area contributed by atoms with E-state index in [0.29, 0.717) is 11.3 Å². The fraction of sp³-hybridized carbons (Fsp3) is 0.308. The Morgan fingerprint density at radius 1 is 0.944 bits per heavy atom. The number of carbonyl (C=O) groups excluding carboxylic acids is 2. The summed E-state index contributed by atoms with van der Waals surface area (Å²) in [7, 11) is 0. The molecule has 3 amide bonds. The van der Waals surface area contributed by atoms with Crippen molar-refractivity contribution in [3.8, 4) is 0 Å². The SMILES string of the molecule is CC(C)CN(CC(=O)N(Cc1ccc(F)cc1)Cc1ccco1)C(=O)Nc1ccc(C(F)(F)F)cc1. The first-order valence-corrected chi connectivity index (χ1v) is 11.3. The lowest BCUT2D eigenvalue weighted by atomic mass is 10.2. The number of halogens is 4. The van der Waals surface area contributed by atoms with Gasteiger partial charge in [0.25, 0.3) is 0 Å². The molecule has 6 nitrogen and oxygen atoms in total. The van der Waals surface area contributed by atoms with Crippen molar-refractivity contribution >= 4 is 17.6 Å². The van der Waals surface area contributed by atoms with Gasteiger partial charge < -0.3 is 19.5 Å². The van der Waals surface area contributed by atoms with Gasteiger partial charge in [-0.3, -0.25) is 4.79 Å². The van der Waals surface area contributed by atoms with E-state index in [2.05, 4.69) is 5.32 Å². The molecule has 0 fully saturated rings. The van der Waals surface area contributed by atoms with Crippen LogP contribution in [-0.2, 0) is 24.1 Å². The van der Waals surface area contributed by atoms with Crippen molar-refractivity contribution in [3.05, 3.63) is 89.6 Å². The summed E-state index contributed by atoms with van der Waals surface area (Å²) in [5.41, 5.74) is 0.0398. The second-order valence-corrected chi connectivity index (χ2v) is 8.74. The number of furan rings is 1. The number of urea groups is 1. The zero-order valence-corrected chi connectivity index (χ0v) is 19.9. The van der Waals surface area contributed by atoms with Crippen molar-refractivity contribution in [1.82, 2.24) is 9.80 Å². The molecule has 1 N–H and O–H groups in total. The minimum absolute atomic E-state index is 0.0202. The molecule has 0 aliphatic heterocycles. The molecule has 0 bridgehead atoms. The van der Waals surface area contributed by atoms with Crippen LogP contribution in [0.2, 0.25) is 0 Å². The van der Waals surface area contributed by atoms with Gasteiger partial charge in [-0.1, -0.05) is 26.0 Å². The molecule has 2 aromatic carbocycles. The van der Waals surface area contributed by atoms with Crippen LogP contribution in [-0.4, -0.2) is 34.8 Å². The molecule has 0 saturated carbocycles. The number of carbonyl (C=O) groups is 2. The predicted molar refractivity (Wildman–Crippen MR) is 126 cm³/mol. The van der Waals surface area contributed by atoms with Gasteiger partial charge in [0, 0.05) is 18.8 Å². The number of alkyl halides is 3. The molecular weight excluding hydrogens is 478 g/mol. The van der Waals surface area contributed by atoms with Crippen molar-refractivity contribution in [1.29, 1.82) is 0 Å². The van der Waals surface area contributed by atoms with Gasteiger partial charge in [0.2, 0.25) is 5.91 Å². The zero-order valence-electron chi connectivity index (χ0n) is 19.9. The van der Waals surface area contributed by atoms with Crippen molar-refractivity contribution in [3.63, 3.8) is 0 Å². The number of hydrogen-bond acceptors (Lipinski definition) is 3. The number of benzene rings is 2. The van der Waals surface area contributed by atoms with E-state index >= 15 is 0 Å². The topological polar surface area (TPSA) is 65.8 Å². The molecule has 0 aliphatic carbocycles. The molecule has 1 aromatic heterocycles. The van der Waals surface area contributed by atoms with E-state index in [4.69, 9.17) is 4.42 Å². The van der Waals surface area contributed by atoms with Crippen LogP contribution < -0.4 is 5.32 Å². The van der Waals surface area contributed by atoms with Crippen LogP contribution in [0.1, 0.15) is 30.7 Å². The lowest BCUT2D eigenvalue weighted by molar-refractivity contribution is -0.137. The van der Waals surface area contributed by atoms with Gasteiger partial charge in [-0.2, -0.15) is 13.2 Å². The molecule has 0 aliphatic rings. The average Bonchev–Trinajstić information content (AvgIpc) is 3.32. The van der Waals surface area contributed by atoms with Crippen molar-refractivity contribution < 1.29 is 31.6 Å². The highest BCUT2D eigenvalue weighted by atomic mass is 19.4. The van der Waals surface area contributed by atoms with Crippen molar-refractivity contribution in [2.75, 3.05) is 18.4 Å². The van der Waals surface area contributed by atoms with Crippen LogP contribution in [0.15, 0.2) is 71.3 Å². The van der Waals surface area contributed by atoms with Gasteiger partial charge in [0.05, 0.1) is 18.4 Å². The Balaban J connectivity index is 1.74. The first-order valence-electron chi connectivity index (χ1n) is 11.3. The fourth-order valence-electron chi connectivity index (χ4n) is 3.50. The van der Waals surface area contributed by atoms with Crippen molar-refractivity contribution in [2.24, 2.45) is 5.92 Å². The molecular formula is C26H27F4N3O3. The van der Waals surface area contributed by atoms with E-state index in [0.717, 1.165) is 24.3 Å². The van der Waals surface area contributed by atoms with E-state index in [-0.39, 0.29) is 43.7 Å². The number of nitrogens with zero attached hydrogens (tertiary/aromatic N) is 2. The summed E-state index contributed by atoms with van der Waals surface area (Å²) in [5.74, 6) is -0.216. The summed E-state index contributed by atoms with van der Waals surface area (Å²) in [5, 5.41) is 2.56. The summed E-state index contributed by atoms with van der Waals surface area (Å²) in [4.78, 5) is 29.1. The van der Waals surface area contributed by atoms with Crippen LogP contribution in [0.3, 0.4) is 0 Å². The predicted octanol–water partition coefficient (Wildman–Crippen LogP) is 6.16. The molecule has 0 spiro atoms. The lowest BCUT2D eigenvalue weighted by Crippen LogP contribution is -2.45. The minimum atomic E-state index is -4.49. The molecule has 192 valence electrons. The third-order valence-corrected chi connectivity index (χ3v) is 5.23. The summed E-state index contributed by atoms with van der Waals surface area (Å²) in [6, 6.07) is 12.6. The quantitative estimate of drug-likeness (QED) is 0.355. The first-order chi connectivity index (χ1) is 17.0. The smallest absolute Gasteiger partial charge is 0.416 e. The van der Waals surface area contributed by atoms with Crippen molar-refractivity contribution in [2.45, 2.75) is 33.1 Å². The van der Waals surface area contributed by atoms with Crippen LogP contribution in [0.5, 0.6) is 0 Å². The normalized spacial score (nSPS) is 11.4. The number of anilines is 1. The van der Waals surface area contributed by atoms with Gasteiger partial charge >= 0.3 is 12.2 Å². The molecule has 1 heterocycles. The highest BCUT2D eigenvalue weighted by molar-refractivity contribution is 5.92. The number of nitrogens with one attached hydrogen (secondary N) is 1. The van der Waals surface area contributed by atoms with E-state index in [9.17, 15) is 27.2 Å². The molecule has 0 atom stereocenters. The maximum atomic E-state index is 13.3. The summed E-state index contributed by atoms with van der Waals surface area (Å²) in [6.07, 6.45) is -3.00. The van der Waals surface area contributed by atoms with Gasteiger partial charge in [-0.05, 0) is 60.0 Å². The Labute approximate surface area is 206 Å². The fourth-order valence-corrected chi connectivity index (χ4v) is 3.50. The van der Waals surface area contributed by atoms with Gasteiger partial charge in [0.1, 0.15) is 18.1 Å². The molecule has 0 saturated heterocycles. The van der Waals surface area contributed by atoms with E-state index in [1.54, 1.807) is 24.3 Å². The van der Waals surface area contributed by atoms with Crippen LogP contribution in [0, 0.1) is 11.7 Å². The Morgan fingerprint density at radius 2 is 1.61 bits per heavy atom. The maximum absolute atomic E-state index is 13.3. The van der Waals surface area contributed by atoms with Gasteiger partial charge in [-0.15, -0.1) is 0 Å². The Morgan fingerprint density at radius 3 is 2.17 bits per heavy atom. The minimum Gasteiger partial charge on any atom is -0.467 e. The third kappa shape index (κ3) is 7.86. The van der Waals surface area contributed by atoms with Gasteiger partial charge in [0.15, 0.2) is 0 Å². The Bertz CT molecular complexity index is 1130. The largest absolute Gasteiger partial charge is 0.467 e. The Kier molecular flexibility index (Phi) is 8.73. The average molecular weight is 506 g/mol. The maximum Gasteiger partial charge on any atom is 0.416 e. The van der Waals surface area contributed by atoms with E-state index < -0.39 is 23.6 Å². The first kappa shape index (κ1) is 26.8. The molecule has 3 aromatic rings. The zero-order chi connectivity index (χ0) is 26.3. The highest BCUT2D eigenvalue weighted by Crippen LogP contribution is 2.29. The standard InChI is InChI=1S/C26H27F4N3O3/c1-18(2)14-33(25(35)31-22-11-7-20(8-12-22)26(28,29)30)17-24(34)32(16-23-4-3-13-36-23)15-19-5-9-21(27)10-6-19/h3-13,18H,14-17H2,1-2H3,(H,31,35). The Hall–Kier alpha value is -3.82. The monoisotopic (exact) mass is 505 g/mol. The number of amides is 3. The second-order valence-electron chi connectivity index (χ2n) is 8.74. The lowest BCUT2D eigenvalue weighted by Gasteiger charge is -2.28. The summed E-state index contributed by atoms with van der Waals surface area (Å²) < 4.78 is 57.2. The third-order valence-electron chi connectivity index (χ3n) is 5.23. The highest BCUT2D eigenvalue weighted by Gasteiger charge is 2.30. The molecule has 0 radical (unpaired) electrons. The number of hydrogen-bond donors (Lipinski definition) is 1. The van der Waals surface area contributed by atoms with Crippen LogP contribution in [0.4, 0.5) is 28.0 Å². The second kappa shape index (κ2) is 11.7. The van der Waals surface area contributed by atoms with Crippen LogP contribution >= 0.6 is 0 Å². The van der Waals surface area contributed by atoms with Crippen LogP contribution in [0.25, 0.3) is 0 Å². The molecule has 10 heteroatoms. The van der Waals surface area contributed by atoms with E-state index in [1.807, 2.05) is 13.8 Å².